The van der Waals surface area contributed by atoms with Crippen LogP contribution in [0, 0.1) is 18.7 Å². The van der Waals surface area contributed by atoms with Crippen molar-refractivity contribution in [2.24, 2.45) is 5.92 Å². The van der Waals surface area contributed by atoms with Crippen LogP contribution in [0.4, 0.5) is 10.4 Å². The number of nitrogens with zero attached hydrogens (tertiary/aromatic N) is 6. The Morgan fingerprint density at radius 3 is 2.64 bits per heavy atom. The Morgan fingerprint density at radius 1 is 1.18 bits per heavy atom. The maximum absolute atomic E-state index is 14.3. The number of anilines is 1. The number of aromatic nitrogens is 5. The van der Waals surface area contributed by atoms with Gasteiger partial charge in [0.05, 0.1) is 11.9 Å². The van der Waals surface area contributed by atoms with Gasteiger partial charge in [0.2, 0.25) is 4.96 Å². The quantitative estimate of drug-likeness (QED) is 0.388. The van der Waals surface area contributed by atoms with Crippen molar-refractivity contribution >= 4 is 22.3 Å². The summed E-state index contributed by atoms with van der Waals surface area (Å²) in [6.45, 7) is 9.76. The average molecular weight is 471 g/mol. The lowest BCUT2D eigenvalue weighted by molar-refractivity contribution is 0.130. The number of rotatable bonds is 6. The van der Waals surface area contributed by atoms with Crippen molar-refractivity contribution in [2.45, 2.75) is 52.6 Å². The highest BCUT2D eigenvalue weighted by Crippen LogP contribution is 2.31. The Bertz CT molecular complexity index is 1230. The number of benzene rings is 1. The standard InChI is InChI=1S/C23H27FN6O2S/c1-13(2)20-26-21(32-28-20)29-9-7-16(8-10-29)15(4)31-23-27-30-12-19(25-22(30)33-23)17-6-5-14(3)11-18(17)24/h5-6,11-13,15-16H,7-10H2,1-4H3/t15-/m1/s1. The van der Waals surface area contributed by atoms with Crippen molar-refractivity contribution in [3.63, 3.8) is 0 Å². The molecule has 0 bridgehead atoms. The first-order valence-electron chi connectivity index (χ1n) is 11.3. The van der Waals surface area contributed by atoms with E-state index in [9.17, 15) is 4.39 Å². The largest absolute Gasteiger partial charge is 0.466 e. The monoisotopic (exact) mass is 470 g/mol. The van der Waals surface area contributed by atoms with Gasteiger partial charge in [-0.3, -0.25) is 0 Å². The van der Waals surface area contributed by atoms with E-state index in [1.807, 2.05) is 13.0 Å². The first-order valence-corrected chi connectivity index (χ1v) is 12.1. The second kappa shape index (κ2) is 8.74. The highest BCUT2D eigenvalue weighted by Gasteiger charge is 2.28. The summed E-state index contributed by atoms with van der Waals surface area (Å²) in [6, 6.07) is 5.75. The molecule has 0 radical (unpaired) electrons. The molecular weight excluding hydrogens is 443 g/mol. The maximum Gasteiger partial charge on any atom is 0.324 e. The molecule has 1 aliphatic rings. The predicted octanol–water partition coefficient (Wildman–Crippen LogP) is 5.10. The van der Waals surface area contributed by atoms with Crippen molar-refractivity contribution in [3.8, 4) is 16.5 Å². The minimum Gasteiger partial charge on any atom is -0.466 e. The normalized spacial score (nSPS) is 16.1. The lowest BCUT2D eigenvalue weighted by Gasteiger charge is -2.33. The Kier molecular flexibility index (Phi) is 5.77. The topological polar surface area (TPSA) is 81.6 Å². The molecule has 1 fully saturated rings. The summed E-state index contributed by atoms with van der Waals surface area (Å²) in [5.41, 5.74) is 1.92. The highest BCUT2D eigenvalue weighted by molar-refractivity contribution is 7.18. The second-order valence-corrected chi connectivity index (χ2v) is 9.86. The average Bonchev–Trinajstić information content (AvgIpc) is 3.49. The molecule has 0 unspecified atom stereocenters. The third-order valence-corrected chi connectivity index (χ3v) is 6.95. The van der Waals surface area contributed by atoms with Crippen LogP contribution in [0.5, 0.6) is 5.19 Å². The van der Waals surface area contributed by atoms with Gasteiger partial charge in [-0.2, -0.15) is 4.98 Å². The molecule has 0 N–H and O–H groups in total. The summed E-state index contributed by atoms with van der Waals surface area (Å²) in [5, 5.41) is 9.14. The first kappa shape index (κ1) is 21.8. The molecule has 1 atom stereocenters. The molecular formula is C23H27FN6O2S. The van der Waals surface area contributed by atoms with Gasteiger partial charge in [-0.25, -0.2) is 13.9 Å². The summed E-state index contributed by atoms with van der Waals surface area (Å²) in [7, 11) is 0. The molecule has 174 valence electrons. The van der Waals surface area contributed by atoms with Crippen LogP contribution in [-0.4, -0.2) is 43.9 Å². The van der Waals surface area contributed by atoms with Gasteiger partial charge in [-0.15, -0.1) is 5.10 Å². The number of imidazole rings is 1. The van der Waals surface area contributed by atoms with E-state index in [1.165, 1.54) is 17.4 Å². The van der Waals surface area contributed by atoms with E-state index in [-0.39, 0.29) is 17.8 Å². The van der Waals surface area contributed by atoms with Gasteiger partial charge in [-0.1, -0.05) is 25.1 Å². The molecule has 0 amide bonds. The molecule has 1 aromatic carbocycles. The van der Waals surface area contributed by atoms with Crippen molar-refractivity contribution in [1.82, 2.24) is 24.7 Å². The lowest BCUT2D eigenvalue weighted by atomic mass is 9.92. The minimum atomic E-state index is -0.279. The van der Waals surface area contributed by atoms with Gasteiger partial charge in [0.15, 0.2) is 5.82 Å². The summed E-state index contributed by atoms with van der Waals surface area (Å²) in [6.07, 6.45) is 3.71. The molecule has 4 aromatic rings. The van der Waals surface area contributed by atoms with Crippen LogP contribution in [0.15, 0.2) is 28.9 Å². The summed E-state index contributed by atoms with van der Waals surface area (Å²) in [5.74, 6) is 1.12. The molecule has 5 rings (SSSR count). The summed E-state index contributed by atoms with van der Waals surface area (Å²) in [4.78, 5) is 11.9. The molecule has 1 saturated heterocycles. The van der Waals surface area contributed by atoms with E-state index in [2.05, 4.69) is 45.9 Å². The van der Waals surface area contributed by atoms with Gasteiger partial charge in [0, 0.05) is 24.6 Å². The van der Waals surface area contributed by atoms with E-state index in [1.54, 1.807) is 16.8 Å². The molecule has 0 aliphatic carbocycles. The third-order valence-electron chi connectivity index (χ3n) is 6.13. The minimum absolute atomic E-state index is 0.0194. The Balaban J connectivity index is 1.20. The molecule has 8 nitrogen and oxygen atoms in total. The van der Waals surface area contributed by atoms with Gasteiger partial charge < -0.3 is 14.2 Å². The van der Waals surface area contributed by atoms with Crippen molar-refractivity contribution in [2.75, 3.05) is 18.0 Å². The molecule has 0 saturated carbocycles. The first-order chi connectivity index (χ1) is 15.9. The number of hydrogen-bond donors (Lipinski definition) is 0. The van der Waals surface area contributed by atoms with Crippen LogP contribution in [0.25, 0.3) is 16.2 Å². The second-order valence-electron chi connectivity index (χ2n) is 8.94. The van der Waals surface area contributed by atoms with Crippen molar-refractivity contribution < 1.29 is 13.7 Å². The fraction of sp³-hybridized carbons (Fsp3) is 0.478. The summed E-state index contributed by atoms with van der Waals surface area (Å²) < 4.78 is 27.5. The Labute approximate surface area is 195 Å². The highest BCUT2D eigenvalue weighted by atomic mass is 32.1. The van der Waals surface area contributed by atoms with E-state index < -0.39 is 0 Å². The Morgan fingerprint density at radius 2 is 1.97 bits per heavy atom. The molecule has 33 heavy (non-hydrogen) atoms. The zero-order chi connectivity index (χ0) is 23.1. The Hall–Kier alpha value is -3.01. The molecule has 0 spiro atoms. The number of aryl methyl sites for hydroxylation is 1. The smallest absolute Gasteiger partial charge is 0.324 e. The zero-order valence-corrected chi connectivity index (χ0v) is 20.0. The number of halogens is 1. The van der Waals surface area contributed by atoms with Crippen LogP contribution in [-0.2, 0) is 0 Å². The number of fused-ring (bicyclic) bond motifs is 1. The molecule has 1 aliphatic heterocycles. The molecule has 3 aromatic heterocycles. The predicted molar refractivity (Wildman–Crippen MR) is 124 cm³/mol. The van der Waals surface area contributed by atoms with E-state index in [4.69, 9.17) is 9.26 Å². The third kappa shape index (κ3) is 4.44. The van der Waals surface area contributed by atoms with Gasteiger partial charge in [0.25, 0.3) is 5.19 Å². The van der Waals surface area contributed by atoms with Gasteiger partial charge in [0.1, 0.15) is 11.9 Å². The SMILES string of the molecule is Cc1ccc(-c2cn3nc(O[C@H](C)C4CCN(c5nc(C(C)C)no5)CC4)sc3n2)c(F)c1. The maximum atomic E-state index is 14.3. The van der Waals surface area contributed by atoms with Crippen LogP contribution in [0.1, 0.15) is 50.9 Å². The van der Waals surface area contributed by atoms with E-state index in [0.29, 0.717) is 33.3 Å². The van der Waals surface area contributed by atoms with Crippen molar-refractivity contribution in [3.05, 3.63) is 41.6 Å². The van der Waals surface area contributed by atoms with Gasteiger partial charge in [-0.05, 0) is 61.6 Å². The number of hydrogen-bond acceptors (Lipinski definition) is 8. The fourth-order valence-corrected chi connectivity index (χ4v) is 4.91. The molecule has 4 heterocycles. The zero-order valence-electron chi connectivity index (χ0n) is 19.2. The van der Waals surface area contributed by atoms with Crippen LogP contribution >= 0.6 is 11.3 Å². The van der Waals surface area contributed by atoms with E-state index in [0.717, 1.165) is 37.3 Å². The van der Waals surface area contributed by atoms with E-state index >= 15 is 0 Å². The van der Waals surface area contributed by atoms with Crippen molar-refractivity contribution in [1.29, 1.82) is 0 Å². The fourth-order valence-electron chi connectivity index (χ4n) is 4.09. The van der Waals surface area contributed by atoms with Crippen LogP contribution < -0.4 is 9.64 Å². The number of piperidine rings is 1. The van der Waals surface area contributed by atoms with Crippen LogP contribution in [0.3, 0.4) is 0 Å². The lowest BCUT2D eigenvalue weighted by Crippen LogP contribution is -2.38. The van der Waals surface area contributed by atoms with Crippen LogP contribution in [0.2, 0.25) is 0 Å². The molecule has 10 heteroatoms. The summed E-state index contributed by atoms with van der Waals surface area (Å²) >= 11 is 1.37. The number of ether oxygens (including phenoxy) is 1. The van der Waals surface area contributed by atoms with Gasteiger partial charge >= 0.3 is 6.01 Å².